The van der Waals surface area contributed by atoms with Crippen molar-refractivity contribution in [3.05, 3.63) is 12.4 Å². The van der Waals surface area contributed by atoms with Crippen molar-refractivity contribution >= 4 is 23.9 Å². The fourth-order valence-electron chi connectivity index (χ4n) is 2.63. The predicted octanol–water partition coefficient (Wildman–Crippen LogP) is 2.36. The number of aryl methyl sites for hydroxylation is 1. The predicted molar refractivity (Wildman–Crippen MR) is 93.4 cm³/mol. The molecule has 2 unspecified atom stereocenters. The van der Waals surface area contributed by atoms with Crippen molar-refractivity contribution in [1.82, 2.24) is 19.4 Å². The molecule has 24 heavy (non-hydrogen) atoms. The van der Waals surface area contributed by atoms with Gasteiger partial charge in [0, 0.05) is 32.8 Å². The van der Waals surface area contributed by atoms with Crippen LogP contribution in [-0.2, 0) is 11.8 Å². The normalized spacial score (nSPS) is 22.2. The Balaban J connectivity index is 2.07. The highest BCUT2D eigenvalue weighted by Crippen LogP contribution is 2.28. The Hall–Kier alpha value is -1.48. The van der Waals surface area contributed by atoms with Gasteiger partial charge in [-0.3, -0.25) is 8.99 Å². The molecule has 1 aliphatic rings. The largest absolute Gasteiger partial charge is 0.443 e. The molecule has 0 aliphatic carbocycles. The average Bonchev–Trinajstić information content (AvgIpc) is 2.82. The molecular weight excluding hydrogens is 333 g/mol. The molecule has 1 amide bonds. The molecule has 1 aliphatic heterocycles. The van der Waals surface area contributed by atoms with Crippen LogP contribution in [0, 0.1) is 0 Å². The molecule has 2 rings (SSSR count). The van der Waals surface area contributed by atoms with E-state index < -0.39 is 17.9 Å². The Labute approximate surface area is 146 Å². The summed E-state index contributed by atoms with van der Waals surface area (Å²) < 4.78 is 25.5. The second-order valence-electron chi connectivity index (χ2n) is 7.10. The molecule has 0 spiro atoms. The summed E-state index contributed by atoms with van der Waals surface area (Å²) in [6, 6.07) is -0.0807. The summed E-state index contributed by atoms with van der Waals surface area (Å²) in [5.74, 6) is 0. The van der Waals surface area contributed by atoms with Crippen LogP contribution in [0.4, 0.5) is 14.9 Å². The summed E-state index contributed by atoms with van der Waals surface area (Å²) in [5, 5.41) is 4.17. The fourth-order valence-corrected chi connectivity index (χ4v) is 3.35. The molecule has 0 saturated carbocycles. The monoisotopic (exact) mass is 359 g/mol. The van der Waals surface area contributed by atoms with Crippen LogP contribution in [0.5, 0.6) is 0 Å². The van der Waals surface area contributed by atoms with Crippen molar-refractivity contribution in [2.24, 2.45) is 7.05 Å². The van der Waals surface area contributed by atoms with Crippen LogP contribution >= 0.6 is 12.1 Å². The van der Waals surface area contributed by atoms with Crippen molar-refractivity contribution in [1.29, 1.82) is 0 Å². The van der Waals surface area contributed by atoms with Gasteiger partial charge in [-0.1, -0.05) is 0 Å². The number of hydrogen-bond acceptors (Lipinski definition) is 6. The topological polar surface area (TPSA) is 62.6 Å². The Morgan fingerprint density at radius 2 is 2.17 bits per heavy atom. The smallest absolute Gasteiger partial charge is 0.419 e. The SMILES string of the molecule is CN1CC(F)CC(N(SNC(=O)OC(C)(C)C)c2cnn(C)c2)C1. The van der Waals surface area contributed by atoms with E-state index in [2.05, 4.69) is 9.82 Å². The second-order valence-corrected chi connectivity index (χ2v) is 7.88. The molecule has 0 aromatic carbocycles. The van der Waals surface area contributed by atoms with E-state index in [1.807, 2.05) is 29.5 Å². The molecule has 0 radical (unpaired) electrons. The molecule has 7 nitrogen and oxygen atoms in total. The summed E-state index contributed by atoms with van der Waals surface area (Å²) in [6.45, 7) is 6.56. The Kier molecular flexibility index (Phi) is 5.97. The Morgan fingerprint density at radius 3 is 2.71 bits per heavy atom. The van der Waals surface area contributed by atoms with Gasteiger partial charge >= 0.3 is 6.09 Å². The van der Waals surface area contributed by atoms with Gasteiger partial charge in [-0.2, -0.15) is 5.10 Å². The van der Waals surface area contributed by atoms with E-state index in [4.69, 9.17) is 4.74 Å². The summed E-state index contributed by atoms with van der Waals surface area (Å²) in [4.78, 5) is 13.9. The van der Waals surface area contributed by atoms with Gasteiger partial charge in [0.2, 0.25) is 0 Å². The minimum atomic E-state index is -0.893. The summed E-state index contributed by atoms with van der Waals surface area (Å²) >= 11 is 1.11. The molecule has 1 fully saturated rings. The number of anilines is 1. The van der Waals surface area contributed by atoms with E-state index in [0.29, 0.717) is 19.5 Å². The fraction of sp³-hybridized carbons (Fsp3) is 0.733. The standard InChI is InChI=1S/C15H26FN5O2S/c1-15(2,3)23-14(22)18-24-21(13-7-17-20(5)10-13)12-6-11(16)8-19(4)9-12/h7,10-12H,6,8-9H2,1-5H3,(H,18,22). The van der Waals surface area contributed by atoms with E-state index >= 15 is 0 Å². The third-order valence-electron chi connectivity index (χ3n) is 3.46. The van der Waals surface area contributed by atoms with Gasteiger partial charge in [0.25, 0.3) is 0 Å². The molecule has 2 heterocycles. The number of nitrogens with one attached hydrogen (secondary N) is 1. The van der Waals surface area contributed by atoms with Crippen molar-refractivity contribution in [3.63, 3.8) is 0 Å². The molecule has 1 aromatic rings. The van der Waals surface area contributed by atoms with Crippen molar-refractivity contribution < 1.29 is 13.9 Å². The number of alkyl halides is 1. The van der Waals surface area contributed by atoms with Crippen LogP contribution in [0.25, 0.3) is 0 Å². The number of nitrogens with zero attached hydrogens (tertiary/aromatic N) is 4. The number of carbonyl (C=O) groups excluding carboxylic acids is 1. The molecule has 2 atom stereocenters. The van der Waals surface area contributed by atoms with Gasteiger partial charge in [0.1, 0.15) is 11.8 Å². The van der Waals surface area contributed by atoms with Gasteiger partial charge in [-0.15, -0.1) is 0 Å². The van der Waals surface area contributed by atoms with Gasteiger partial charge < -0.3 is 9.64 Å². The number of amides is 1. The number of hydrogen-bond donors (Lipinski definition) is 1. The van der Waals surface area contributed by atoms with Crippen molar-refractivity contribution in [2.75, 3.05) is 24.4 Å². The molecule has 136 valence electrons. The summed E-state index contributed by atoms with van der Waals surface area (Å²) in [5.41, 5.74) is 0.241. The summed E-state index contributed by atoms with van der Waals surface area (Å²) in [6.07, 6.45) is 2.52. The van der Waals surface area contributed by atoms with Gasteiger partial charge in [0.15, 0.2) is 0 Å². The zero-order valence-electron chi connectivity index (χ0n) is 14.8. The minimum Gasteiger partial charge on any atom is -0.443 e. The lowest BCUT2D eigenvalue weighted by Crippen LogP contribution is -2.49. The van der Waals surface area contributed by atoms with E-state index in [1.54, 1.807) is 31.6 Å². The molecule has 1 aromatic heterocycles. The Bertz CT molecular complexity index is 552. The molecular formula is C15H26FN5O2S. The van der Waals surface area contributed by atoms with E-state index in [0.717, 1.165) is 17.8 Å². The first kappa shape index (κ1) is 18.9. The third-order valence-corrected chi connectivity index (χ3v) is 4.43. The molecule has 9 heteroatoms. The van der Waals surface area contributed by atoms with Crippen LogP contribution in [0.15, 0.2) is 12.4 Å². The van der Waals surface area contributed by atoms with Gasteiger partial charge in [0.05, 0.1) is 30.1 Å². The van der Waals surface area contributed by atoms with Crippen molar-refractivity contribution in [3.8, 4) is 0 Å². The quantitative estimate of drug-likeness (QED) is 0.833. The van der Waals surface area contributed by atoms with E-state index in [9.17, 15) is 9.18 Å². The van der Waals surface area contributed by atoms with Gasteiger partial charge in [-0.05, 0) is 27.8 Å². The lowest BCUT2D eigenvalue weighted by atomic mass is 10.0. The van der Waals surface area contributed by atoms with Crippen LogP contribution in [0.1, 0.15) is 27.2 Å². The van der Waals surface area contributed by atoms with E-state index in [-0.39, 0.29) is 6.04 Å². The number of piperidine rings is 1. The minimum absolute atomic E-state index is 0.0807. The first-order chi connectivity index (χ1) is 11.1. The van der Waals surface area contributed by atoms with E-state index in [1.165, 1.54) is 0 Å². The zero-order chi connectivity index (χ0) is 17.9. The highest BCUT2D eigenvalue weighted by molar-refractivity contribution is 7.99. The number of aromatic nitrogens is 2. The lowest BCUT2D eigenvalue weighted by molar-refractivity contribution is 0.0574. The van der Waals surface area contributed by atoms with Crippen molar-refractivity contribution in [2.45, 2.75) is 45.0 Å². The maximum atomic E-state index is 14.0. The number of halogens is 1. The van der Waals surface area contributed by atoms with Crippen LogP contribution in [0.3, 0.4) is 0 Å². The number of ether oxygens (including phenoxy) is 1. The number of rotatable bonds is 4. The maximum absolute atomic E-state index is 14.0. The van der Waals surface area contributed by atoms with Crippen LogP contribution in [0.2, 0.25) is 0 Å². The van der Waals surface area contributed by atoms with Gasteiger partial charge in [-0.25, -0.2) is 13.9 Å². The first-order valence-corrected chi connectivity index (χ1v) is 8.68. The third kappa shape index (κ3) is 5.55. The maximum Gasteiger partial charge on any atom is 0.419 e. The first-order valence-electron chi connectivity index (χ1n) is 7.90. The number of likely N-dealkylation sites (tertiary alicyclic amines) is 1. The molecule has 0 bridgehead atoms. The lowest BCUT2D eigenvalue weighted by Gasteiger charge is -2.38. The van der Waals surface area contributed by atoms with Crippen LogP contribution in [-0.4, -0.2) is 58.7 Å². The number of likely N-dealkylation sites (N-methyl/N-ethyl adjacent to an activating group) is 1. The summed E-state index contributed by atoms with van der Waals surface area (Å²) in [7, 11) is 3.71. The molecule has 1 N–H and O–H groups in total. The highest BCUT2D eigenvalue weighted by Gasteiger charge is 2.31. The Morgan fingerprint density at radius 1 is 1.46 bits per heavy atom. The average molecular weight is 359 g/mol. The van der Waals surface area contributed by atoms with Crippen LogP contribution < -0.4 is 9.03 Å². The molecule has 1 saturated heterocycles. The second kappa shape index (κ2) is 7.60. The highest BCUT2D eigenvalue weighted by atomic mass is 32.2. The zero-order valence-corrected chi connectivity index (χ0v) is 15.6. The number of carbonyl (C=O) groups is 1.